The van der Waals surface area contributed by atoms with E-state index < -0.39 is 48.4 Å². The van der Waals surface area contributed by atoms with Crippen molar-refractivity contribution in [1.82, 2.24) is 9.97 Å². The van der Waals surface area contributed by atoms with Gasteiger partial charge in [-0.25, -0.2) is 0 Å². The van der Waals surface area contributed by atoms with Crippen LogP contribution in [0.5, 0.6) is 34.5 Å². The molecule has 0 aliphatic carbocycles. The van der Waals surface area contributed by atoms with Crippen molar-refractivity contribution < 1.29 is 180 Å². The fourth-order valence-corrected chi connectivity index (χ4v) is 11.4. The van der Waals surface area contributed by atoms with Crippen LogP contribution in [-0.4, -0.2) is 458 Å². The van der Waals surface area contributed by atoms with Gasteiger partial charge in [-0.05, 0) is 90.1 Å². The van der Waals surface area contributed by atoms with Gasteiger partial charge in [-0.3, -0.25) is 19.6 Å². The molecule has 138 heavy (non-hydrogen) atoms. The van der Waals surface area contributed by atoms with E-state index in [1.54, 1.807) is 91.2 Å². The minimum atomic E-state index is -0.625. The maximum atomic E-state index is 15.3. The summed E-state index contributed by atoms with van der Waals surface area (Å²) in [5, 5.41) is 6.13. The van der Waals surface area contributed by atoms with Gasteiger partial charge in [0.05, 0.1) is 365 Å². The van der Waals surface area contributed by atoms with Crippen molar-refractivity contribution in [2.24, 2.45) is 0 Å². The van der Waals surface area contributed by atoms with Crippen LogP contribution in [0.3, 0.4) is 0 Å². The quantitative estimate of drug-likeness (QED) is 0.0403. The molecule has 4 aromatic rings. The summed E-state index contributed by atoms with van der Waals surface area (Å²) in [5.41, 5.74) is 0.934. The summed E-state index contributed by atoms with van der Waals surface area (Å²) in [4.78, 5) is 40.2. The van der Waals surface area contributed by atoms with Gasteiger partial charge in [-0.2, -0.15) is 0 Å². The Hall–Kier alpha value is -6.72. The molecule has 42 heteroatoms. The van der Waals surface area contributed by atoms with Crippen LogP contribution in [0, 0.1) is 0 Å². The average molecular weight is 1980 g/mol. The number of nitrogens with zero attached hydrogens (tertiary/aromatic N) is 2. The molecule has 0 radical (unpaired) electrons. The lowest BCUT2D eigenvalue weighted by molar-refractivity contribution is -0.0293. The summed E-state index contributed by atoms with van der Waals surface area (Å²) in [6.45, 7) is 29.4. The second-order valence-corrected chi connectivity index (χ2v) is 30.2. The molecule has 2 heterocycles. The highest BCUT2D eigenvalue weighted by molar-refractivity contribution is 6.09. The molecule has 0 aliphatic rings. The molecule has 0 saturated heterocycles. The molecule has 0 aliphatic heterocycles. The van der Waals surface area contributed by atoms with E-state index in [1.165, 1.54) is 12.4 Å². The number of amides is 2. The number of pyridine rings is 2. The number of methoxy groups -OCH3 is 6. The van der Waals surface area contributed by atoms with Crippen molar-refractivity contribution in [1.29, 1.82) is 0 Å². The molecular weight excluding hydrogens is 1820 g/mol. The Morgan fingerprint density at radius 2 is 0.391 bits per heavy atom. The monoisotopic (exact) mass is 1980 g/mol. The van der Waals surface area contributed by atoms with Gasteiger partial charge < -0.3 is 181 Å². The topological polar surface area (TPSA) is 416 Å². The maximum Gasteiger partial charge on any atom is 0.256 e. The maximum absolute atomic E-state index is 15.3. The number of nitrogens with one attached hydrogen (secondary N) is 2. The van der Waals surface area contributed by atoms with Crippen LogP contribution >= 0.6 is 0 Å². The number of hydrogen-bond donors (Lipinski definition) is 2. The fourth-order valence-electron chi connectivity index (χ4n) is 11.4. The molecule has 42 nitrogen and oxygen atoms in total. The van der Waals surface area contributed by atoms with E-state index >= 15 is 9.59 Å². The summed E-state index contributed by atoms with van der Waals surface area (Å²) < 4.78 is 208. The molecule has 2 amide bonds. The first-order valence-electron chi connectivity index (χ1n) is 47.4. The number of benzene rings is 2. The Balaban J connectivity index is 1.72. The second kappa shape index (κ2) is 88.0. The molecule has 0 spiro atoms. The van der Waals surface area contributed by atoms with Gasteiger partial charge in [0.2, 0.25) is 11.5 Å². The first-order chi connectivity index (χ1) is 67.7. The lowest BCUT2D eigenvalue weighted by Crippen LogP contribution is -2.24. The number of anilines is 2. The van der Waals surface area contributed by atoms with Crippen LogP contribution in [0.4, 0.5) is 11.4 Å². The number of carbonyl (C=O) groups is 2. The minimum Gasteiger partial charge on any atom is -0.487 e. The third-order valence-corrected chi connectivity index (χ3v) is 18.6. The SMILES string of the molecule is COCCOCCOCCOCCO[C@@H](C)COc1cc(C(=O)Nc2cccnc2-c2ncccc2NC(=O)c2cc(OC[C@H](C)OCCOCCOCCOCCOC)c(OC[C@H](C)OCCOCCOCCOCCOC)c(OC[C@H](C)OCCOCCOCCOCCOC)c2)cc(OC[C@H](C)OCCOCCOCCOCCOC)c1OC[C@H](C)OCCOCCOCCOCCOC. The predicted octanol–water partition coefficient (Wildman–Crippen LogP) is 7.53. The molecule has 4 rings (SSSR count). The molecule has 6 atom stereocenters. The van der Waals surface area contributed by atoms with E-state index in [4.69, 9.17) is 180 Å². The van der Waals surface area contributed by atoms with Crippen LogP contribution in [0.25, 0.3) is 11.4 Å². The number of aromatic nitrogens is 2. The van der Waals surface area contributed by atoms with Gasteiger partial charge in [0.1, 0.15) is 51.0 Å². The van der Waals surface area contributed by atoms with Crippen molar-refractivity contribution in [3.63, 3.8) is 0 Å². The third-order valence-electron chi connectivity index (χ3n) is 18.6. The Morgan fingerprint density at radius 3 is 0.565 bits per heavy atom. The number of carbonyl (C=O) groups excluding carboxylic acids is 2. The van der Waals surface area contributed by atoms with Gasteiger partial charge in [-0.1, -0.05) is 0 Å². The summed E-state index contributed by atoms with van der Waals surface area (Å²) >= 11 is 0. The molecule has 2 aromatic carbocycles. The number of rotatable bonds is 101. The normalized spacial score (nSPS) is 12.9. The molecular formula is C96H162N4O38. The van der Waals surface area contributed by atoms with Crippen LogP contribution in [0.2, 0.25) is 0 Å². The highest BCUT2D eigenvalue weighted by atomic mass is 16.6. The van der Waals surface area contributed by atoms with Gasteiger partial charge in [0, 0.05) is 66.2 Å². The predicted molar refractivity (Wildman–Crippen MR) is 508 cm³/mol. The van der Waals surface area contributed by atoms with Crippen molar-refractivity contribution in [2.75, 3.05) is 410 Å². The van der Waals surface area contributed by atoms with Crippen molar-refractivity contribution in [3.05, 3.63) is 72.1 Å². The van der Waals surface area contributed by atoms with Gasteiger partial charge in [-0.15, -0.1) is 0 Å². The van der Waals surface area contributed by atoms with Crippen molar-refractivity contribution in [2.45, 2.75) is 78.2 Å². The number of ether oxygens (including phenoxy) is 36. The van der Waals surface area contributed by atoms with E-state index in [0.29, 0.717) is 238 Å². The minimum absolute atomic E-state index is 0.00684. The first-order valence-corrected chi connectivity index (χ1v) is 47.4. The van der Waals surface area contributed by atoms with Gasteiger partial charge in [0.25, 0.3) is 11.8 Å². The van der Waals surface area contributed by atoms with Crippen LogP contribution in [0.1, 0.15) is 62.3 Å². The highest BCUT2D eigenvalue weighted by Gasteiger charge is 2.27. The van der Waals surface area contributed by atoms with E-state index in [-0.39, 0.29) is 187 Å². The summed E-state index contributed by atoms with van der Waals surface area (Å²) in [5.74, 6) is -0.393. The zero-order chi connectivity index (χ0) is 99.1. The zero-order valence-electron chi connectivity index (χ0n) is 83.8. The molecule has 0 bridgehead atoms. The second-order valence-electron chi connectivity index (χ2n) is 30.2. The van der Waals surface area contributed by atoms with Gasteiger partial charge >= 0.3 is 0 Å². The van der Waals surface area contributed by atoms with Crippen molar-refractivity contribution >= 4 is 23.2 Å². The number of hydrogen-bond acceptors (Lipinski definition) is 40. The van der Waals surface area contributed by atoms with E-state index in [9.17, 15) is 0 Å². The Labute approximate surface area is 816 Å². The van der Waals surface area contributed by atoms with Crippen LogP contribution in [-0.2, 0) is 142 Å². The molecule has 0 saturated carbocycles. The fraction of sp³-hybridized carbons (Fsp3) is 0.750. The van der Waals surface area contributed by atoms with E-state index in [1.807, 2.05) is 41.5 Å². The molecule has 0 fully saturated rings. The van der Waals surface area contributed by atoms with E-state index in [0.717, 1.165) is 0 Å². The summed E-state index contributed by atoms with van der Waals surface area (Å²) in [6, 6.07) is 12.8. The zero-order valence-corrected chi connectivity index (χ0v) is 83.8. The lowest BCUT2D eigenvalue weighted by Gasteiger charge is -2.23. The summed E-state index contributed by atoms with van der Waals surface area (Å²) in [6.07, 6.45) is 0.0822. The first kappa shape index (κ1) is 124. The molecule has 2 N–H and O–H groups in total. The highest BCUT2D eigenvalue weighted by Crippen LogP contribution is 2.42. The van der Waals surface area contributed by atoms with Crippen LogP contribution in [0.15, 0.2) is 60.9 Å². The van der Waals surface area contributed by atoms with Crippen LogP contribution < -0.4 is 39.1 Å². The largest absolute Gasteiger partial charge is 0.487 e. The Kier molecular flexibility index (Phi) is 78.8. The van der Waals surface area contributed by atoms with Crippen molar-refractivity contribution in [3.8, 4) is 45.9 Å². The summed E-state index contributed by atoms with van der Waals surface area (Å²) in [7, 11) is 9.71. The molecule has 2 aromatic heterocycles. The molecule has 0 unspecified atom stereocenters. The Bertz CT molecular complexity index is 3160. The Morgan fingerprint density at radius 1 is 0.232 bits per heavy atom. The lowest BCUT2D eigenvalue weighted by atomic mass is 10.1. The average Bonchev–Trinajstić information content (AvgIpc) is 0.796. The standard InChI is InChI=1S/C96H162N4O38/c1-77(127-61-55-121-49-43-115-37-31-109-25-19-103-7)71-133-87-67-83(68-88(134-72-78(2)128-62-56-122-50-44-116-38-32-110-26-20-104-8)93(87)137-75-81(5)131-65-59-125-53-47-119-41-35-113-29-23-107-11)95(101)99-85-15-13-17-97-91(85)92-86(16-14-18-98-92)100-96(102)84-69-89(135-73-79(3)129-63-57-123-51-45-117-39-33-111-27-21-105-9)94(138-76-82(6)132-66-60-126-54-48-120-42-36-114-30-24-108-12)90(70-84)136-74-80(4)130-64-58-124-52-46-118-40-34-112-28-22-106-10/h13-18,67-70,77-82H,19-66,71-76H2,1-12H3,(H,99,101)(H,100,102)/t77-,78-,79-,80-,81-,82-/m0/s1. The third kappa shape index (κ3) is 64.7. The molecule has 794 valence electrons. The van der Waals surface area contributed by atoms with E-state index in [2.05, 4.69) is 10.6 Å². The smallest absolute Gasteiger partial charge is 0.256 e. The van der Waals surface area contributed by atoms with Gasteiger partial charge in [0.15, 0.2) is 23.0 Å².